The topological polar surface area (TPSA) is 61.2 Å². The maximum absolute atomic E-state index is 13.4. The lowest BCUT2D eigenvalue weighted by Crippen LogP contribution is -2.47. The molecule has 1 heterocycles. The van der Waals surface area contributed by atoms with Crippen LogP contribution in [0.25, 0.3) is 0 Å². The van der Waals surface area contributed by atoms with Crippen LogP contribution in [-0.2, 0) is 16.1 Å². The summed E-state index contributed by atoms with van der Waals surface area (Å²) in [7, 11) is 0. The van der Waals surface area contributed by atoms with Crippen molar-refractivity contribution < 1.29 is 14.3 Å². The molecule has 0 spiro atoms. The Hall–Kier alpha value is -1.91. The molecule has 5 rings (SSSR count). The molecule has 3 fully saturated rings. The zero-order valence-electron chi connectivity index (χ0n) is 19.9. The minimum absolute atomic E-state index is 0.112. The molecule has 5 heteroatoms. The molecule has 174 valence electrons. The van der Waals surface area contributed by atoms with Crippen LogP contribution in [0.3, 0.4) is 0 Å². The van der Waals surface area contributed by atoms with Gasteiger partial charge in [-0.2, -0.15) is 5.10 Å². The molecule has 0 aromatic carbocycles. The second-order valence-corrected chi connectivity index (χ2v) is 11.2. The highest BCUT2D eigenvalue weighted by Gasteiger charge is 2.57. The lowest BCUT2D eigenvalue weighted by atomic mass is 9.51. The van der Waals surface area contributed by atoms with E-state index in [-0.39, 0.29) is 29.6 Å². The number of allylic oxidation sites excluding steroid dienone is 2. The normalized spacial score (nSPS) is 38.3. The van der Waals surface area contributed by atoms with Gasteiger partial charge < -0.3 is 4.74 Å². The first kappa shape index (κ1) is 21.9. The number of carbonyl (C=O) groups excluding carboxylic acids is 2. The lowest BCUT2D eigenvalue weighted by molar-refractivity contribution is -0.129. The minimum Gasteiger partial charge on any atom is -0.462 e. The Bertz CT molecular complexity index is 918. The van der Waals surface area contributed by atoms with E-state index in [0.717, 1.165) is 30.1 Å². The second-order valence-electron chi connectivity index (χ2n) is 11.2. The van der Waals surface area contributed by atoms with Gasteiger partial charge in [-0.25, -0.2) is 4.79 Å². The number of esters is 1. The average Bonchev–Trinajstić information content (AvgIpc) is 3.37. The molecule has 5 nitrogen and oxygen atoms in total. The fourth-order valence-electron chi connectivity index (χ4n) is 8.04. The molecule has 0 N–H and O–H groups in total. The first-order valence-corrected chi connectivity index (χ1v) is 12.8. The zero-order chi connectivity index (χ0) is 22.5. The Morgan fingerprint density at radius 3 is 2.84 bits per heavy atom. The van der Waals surface area contributed by atoms with Gasteiger partial charge in [0.1, 0.15) is 0 Å². The molecule has 1 aromatic heterocycles. The van der Waals surface area contributed by atoms with Crippen LogP contribution in [0.2, 0.25) is 0 Å². The Balaban J connectivity index is 1.29. The van der Waals surface area contributed by atoms with Gasteiger partial charge >= 0.3 is 5.97 Å². The van der Waals surface area contributed by atoms with Crippen LogP contribution in [-0.4, -0.2) is 28.1 Å². The van der Waals surface area contributed by atoms with Gasteiger partial charge in [0.2, 0.25) is 0 Å². The first-order valence-electron chi connectivity index (χ1n) is 12.8. The molecule has 0 unspecified atom stereocenters. The molecule has 0 saturated heterocycles. The smallest absolute Gasteiger partial charge is 0.341 e. The largest absolute Gasteiger partial charge is 0.462 e. The number of nitrogens with zero attached hydrogens (tertiary/aromatic N) is 2. The summed E-state index contributed by atoms with van der Waals surface area (Å²) in [6.45, 7) is 7.19. The van der Waals surface area contributed by atoms with Gasteiger partial charge in [-0.15, -0.1) is 0 Å². The number of ketones is 1. The van der Waals surface area contributed by atoms with E-state index in [9.17, 15) is 9.59 Å². The number of aromatic nitrogens is 2. The van der Waals surface area contributed by atoms with Crippen LogP contribution in [0.4, 0.5) is 0 Å². The summed E-state index contributed by atoms with van der Waals surface area (Å²) < 4.78 is 6.67. The van der Waals surface area contributed by atoms with Gasteiger partial charge in [0, 0.05) is 12.1 Å². The first-order chi connectivity index (χ1) is 15.4. The summed E-state index contributed by atoms with van der Waals surface area (Å²) in [5.74, 6) is 3.95. The number of Topliss-reactive ketones (excluding diaryl/α,β-unsaturated/α-hetero) is 1. The Morgan fingerprint density at radius 1 is 1.19 bits per heavy atom. The average molecular weight is 439 g/mol. The monoisotopic (exact) mass is 438 g/mol. The number of carbonyl (C=O) groups is 2. The van der Waals surface area contributed by atoms with Crippen LogP contribution < -0.4 is 0 Å². The van der Waals surface area contributed by atoms with Crippen LogP contribution >= 0.6 is 0 Å². The summed E-state index contributed by atoms with van der Waals surface area (Å²) in [4.78, 5) is 25.3. The molecule has 0 radical (unpaired) electrons. The predicted molar refractivity (Wildman–Crippen MR) is 123 cm³/mol. The Kier molecular flexibility index (Phi) is 5.79. The van der Waals surface area contributed by atoms with E-state index in [0.29, 0.717) is 18.1 Å². The standard InChI is InChI=1S/C27H38N2O3/c1-4-32-26(31)19-14-28-29(15-19)16-25(30)24-10-9-23-22-8-6-18-13-17(2)5-7-20(18)21(22)11-12-27(23,24)3/h6,14-15,17,20-24H,4-5,7-13,16H2,1-3H3/t17-,20-,21+,22+,23-,24+,27-/m0/s1. The van der Waals surface area contributed by atoms with Crippen LogP contribution in [0.15, 0.2) is 24.0 Å². The van der Waals surface area contributed by atoms with Crippen molar-refractivity contribution >= 4 is 11.8 Å². The summed E-state index contributed by atoms with van der Waals surface area (Å²) >= 11 is 0. The number of fused-ring (bicyclic) bond motifs is 5. The second kappa shape index (κ2) is 8.46. The van der Waals surface area contributed by atoms with Crippen molar-refractivity contribution in [1.82, 2.24) is 9.78 Å². The third-order valence-corrected chi connectivity index (χ3v) is 9.54. The molecule has 4 aliphatic rings. The van der Waals surface area contributed by atoms with E-state index >= 15 is 0 Å². The molecular formula is C27H38N2O3. The van der Waals surface area contributed by atoms with Crippen molar-refractivity contribution in [2.75, 3.05) is 6.61 Å². The third-order valence-electron chi connectivity index (χ3n) is 9.54. The quantitative estimate of drug-likeness (QED) is 0.453. The minimum atomic E-state index is -0.376. The molecular weight excluding hydrogens is 400 g/mol. The van der Waals surface area contributed by atoms with E-state index in [2.05, 4.69) is 25.0 Å². The maximum atomic E-state index is 13.4. The number of hydrogen-bond acceptors (Lipinski definition) is 4. The third kappa shape index (κ3) is 3.66. The van der Waals surface area contributed by atoms with Crippen molar-refractivity contribution in [3.63, 3.8) is 0 Å². The van der Waals surface area contributed by atoms with Crippen LogP contribution in [0, 0.1) is 40.9 Å². The highest BCUT2D eigenvalue weighted by Crippen LogP contribution is 2.63. The molecule has 3 saturated carbocycles. The molecule has 7 atom stereocenters. The van der Waals surface area contributed by atoms with Gasteiger partial charge in [-0.05, 0) is 93.3 Å². The van der Waals surface area contributed by atoms with E-state index in [1.165, 1.54) is 51.1 Å². The number of hydrogen-bond donors (Lipinski definition) is 0. The van der Waals surface area contributed by atoms with E-state index in [4.69, 9.17) is 4.74 Å². The van der Waals surface area contributed by atoms with Crippen molar-refractivity contribution in [2.24, 2.45) is 40.9 Å². The number of ether oxygens (including phenoxy) is 1. The van der Waals surface area contributed by atoms with Gasteiger partial charge in [-0.3, -0.25) is 9.48 Å². The number of rotatable bonds is 5. The molecule has 0 aliphatic heterocycles. The molecule has 1 aromatic rings. The molecule has 32 heavy (non-hydrogen) atoms. The molecule has 0 amide bonds. The van der Waals surface area contributed by atoms with E-state index < -0.39 is 0 Å². The van der Waals surface area contributed by atoms with Crippen LogP contribution in [0.1, 0.15) is 82.5 Å². The lowest BCUT2D eigenvalue weighted by Gasteiger charge is -2.53. The van der Waals surface area contributed by atoms with Crippen LogP contribution in [0.5, 0.6) is 0 Å². The van der Waals surface area contributed by atoms with Crippen molar-refractivity contribution in [1.29, 1.82) is 0 Å². The van der Waals surface area contributed by atoms with Crippen molar-refractivity contribution in [3.8, 4) is 0 Å². The van der Waals surface area contributed by atoms with Gasteiger partial charge in [0.15, 0.2) is 5.78 Å². The van der Waals surface area contributed by atoms with E-state index in [1.54, 1.807) is 23.4 Å². The highest BCUT2D eigenvalue weighted by molar-refractivity contribution is 5.89. The maximum Gasteiger partial charge on any atom is 0.341 e. The fourth-order valence-corrected chi connectivity index (χ4v) is 8.04. The predicted octanol–water partition coefficient (Wildman–Crippen LogP) is 5.45. The Labute approximate surface area is 192 Å². The SMILES string of the molecule is CCOC(=O)c1cnn(CC(=O)[C@H]2CC[C@H]3[C@@H]4CC=C5C[C@@H](C)CC[C@@H]5[C@H]4CC[C@]23C)c1. The summed E-state index contributed by atoms with van der Waals surface area (Å²) in [5.41, 5.74) is 2.29. The molecule has 0 bridgehead atoms. The summed E-state index contributed by atoms with van der Waals surface area (Å²) in [6, 6.07) is 0. The van der Waals surface area contributed by atoms with E-state index in [1.807, 2.05) is 0 Å². The zero-order valence-corrected chi connectivity index (χ0v) is 19.9. The summed E-state index contributed by atoms with van der Waals surface area (Å²) in [5, 5.41) is 4.26. The van der Waals surface area contributed by atoms with Gasteiger partial charge in [0.25, 0.3) is 0 Å². The van der Waals surface area contributed by atoms with Crippen molar-refractivity contribution in [3.05, 3.63) is 29.6 Å². The van der Waals surface area contributed by atoms with Gasteiger partial charge in [-0.1, -0.05) is 25.5 Å². The Morgan fingerprint density at radius 2 is 2.03 bits per heavy atom. The van der Waals surface area contributed by atoms with Crippen molar-refractivity contribution in [2.45, 2.75) is 78.7 Å². The molecule has 4 aliphatic carbocycles. The fraction of sp³-hybridized carbons (Fsp3) is 0.741. The highest BCUT2D eigenvalue weighted by atomic mass is 16.5. The summed E-state index contributed by atoms with van der Waals surface area (Å²) in [6.07, 6.45) is 15.7. The van der Waals surface area contributed by atoms with Gasteiger partial charge in [0.05, 0.1) is 24.9 Å².